The molecule has 0 bridgehead atoms. The van der Waals surface area contributed by atoms with Crippen molar-refractivity contribution in [3.8, 4) is 0 Å². The summed E-state index contributed by atoms with van der Waals surface area (Å²) in [5.41, 5.74) is 1.53. The molecule has 0 aromatic heterocycles. The van der Waals surface area contributed by atoms with Crippen LogP contribution in [0.5, 0.6) is 0 Å². The van der Waals surface area contributed by atoms with Crippen molar-refractivity contribution in [2.75, 3.05) is 13.1 Å². The van der Waals surface area contributed by atoms with Gasteiger partial charge in [-0.05, 0) is 26.7 Å². The highest BCUT2D eigenvalue weighted by atomic mass is 28.1. The van der Waals surface area contributed by atoms with Crippen LogP contribution < -0.4 is 0 Å². The summed E-state index contributed by atoms with van der Waals surface area (Å²) in [7, 11) is 1.20. The van der Waals surface area contributed by atoms with Gasteiger partial charge in [-0.1, -0.05) is 25.5 Å². The minimum Gasteiger partial charge on any atom is -0.375 e. The van der Waals surface area contributed by atoms with E-state index in [0.717, 1.165) is 0 Å². The molecule has 2 heteroatoms. The molecule has 0 spiro atoms. The van der Waals surface area contributed by atoms with E-state index in [9.17, 15) is 0 Å². The highest BCUT2D eigenvalue weighted by Crippen LogP contribution is 2.09. The third-order valence-electron chi connectivity index (χ3n) is 2.47. The van der Waals surface area contributed by atoms with Gasteiger partial charge in [0.25, 0.3) is 0 Å². The van der Waals surface area contributed by atoms with Gasteiger partial charge < -0.3 is 4.90 Å². The Bertz CT molecular complexity index is 159. The van der Waals surface area contributed by atoms with Crippen molar-refractivity contribution in [2.45, 2.75) is 47.0 Å². The summed E-state index contributed by atoms with van der Waals surface area (Å²) in [4.78, 5) is 2.55. The first-order valence-corrected chi connectivity index (χ1v) is 6.52. The zero-order chi connectivity index (χ0) is 10.3. The SMILES string of the molecule is CCCCN(CCC)C(C)=C(C)[SiH3]. The minimum atomic E-state index is 1.20. The predicted molar refractivity (Wildman–Crippen MR) is 65.1 cm³/mol. The summed E-state index contributed by atoms with van der Waals surface area (Å²) in [5, 5.41) is 1.59. The molecule has 0 aliphatic heterocycles. The Balaban J connectivity index is 4.15. The van der Waals surface area contributed by atoms with E-state index in [2.05, 4.69) is 32.6 Å². The molecule has 0 aromatic carbocycles. The molecule has 0 N–H and O–H groups in total. The number of hydrogen-bond acceptors (Lipinski definition) is 1. The predicted octanol–water partition coefficient (Wildman–Crippen LogP) is 2.12. The van der Waals surface area contributed by atoms with Crippen LogP contribution in [-0.4, -0.2) is 28.2 Å². The number of rotatable bonds is 6. The molecule has 78 valence electrons. The fourth-order valence-corrected chi connectivity index (χ4v) is 1.70. The molecule has 0 unspecified atom stereocenters. The first-order valence-electron chi connectivity index (χ1n) is 5.52. The van der Waals surface area contributed by atoms with Gasteiger partial charge in [0, 0.05) is 29.0 Å². The van der Waals surface area contributed by atoms with Crippen molar-refractivity contribution in [2.24, 2.45) is 0 Å². The normalized spacial score (nSPS) is 12.9. The molecular weight excluding hydrogens is 174 g/mol. The largest absolute Gasteiger partial charge is 0.375 e. The Morgan fingerprint density at radius 2 is 1.69 bits per heavy atom. The van der Waals surface area contributed by atoms with Crippen LogP contribution in [0.1, 0.15) is 47.0 Å². The zero-order valence-corrected chi connectivity index (χ0v) is 12.0. The van der Waals surface area contributed by atoms with E-state index < -0.39 is 0 Å². The molecule has 0 aliphatic rings. The van der Waals surface area contributed by atoms with E-state index in [1.807, 2.05) is 0 Å². The molecule has 0 heterocycles. The fourth-order valence-electron chi connectivity index (χ4n) is 1.38. The summed E-state index contributed by atoms with van der Waals surface area (Å²) in [6, 6.07) is 0. The van der Waals surface area contributed by atoms with Gasteiger partial charge in [0.15, 0.2) is 0 Å². The number of nitrogens with zero attached hydrogens (tertiary/aromatic N) is 1. The van der Waals surface area contributed by atoms with Gasteiger partial charge in [-0.2, -0.15) is 0 Å². The third kappa shape index (κ3) is 5.14. The second kappa shape index (κ2) is 7.19. The van der Waals surface area contributed by atoms with E-state index >= 15 is 0 Å². The average molecular weight is 199 g/mol. The molecule has 13 heavy (non-hydrogen) atoms. The van der Waals surface area contributed by atoms with Crippen LogP contribution >= 0.6 is 0 Å². The van der Waals surface area contributed by atoms with Crippen LogP contribution in [0.15, 0.2) is 10.9 Å². The van der Waals surface area contributed by atoms with E-state index in [1.165, 1.54) is 48.3 Å². The lowest BCUT2D eigenvalue weighted by atomic mass is 10.2. The lowest BCUT2D eigenvalue weighted by Gasteiger charge is -2.26. The molecular formula is C11H25NSi. The molecule has 0 atom stereocenters. The molecule has 0 saturated carbocycles. The summed E-state index contributed by atoms with van der Waals surface area (Å²) in [6.07, 6.45) is 3.88. The summed E-state index contributed by atoms with van der Waals surface area (Å²) in [6.45, 7) is 11.5. The van der Waals surface area contributed by atoms with Crippen LogP contribution in [0.25, 0.3) is 0 Å². The Kier molecular flexibility index (Phi) is 7.05. The molecule has 0 aliphatic carbocycles. The van der Waals surface area contributed by atoms with Crippen LogP contribution in [0.3, 0.4) is 0 Å². The minimum absolute atomic E-state index is 1.20. The molecule has 0 fully saturated rings. The molecule has 0 aromatic rings. The monoisotopic (exact) mass is 199 g/mol. The Hall–Kier alpha value is -0.243. The molecule has 0 rings (SSSR count). The summed E-state index contributed by atoms with van der Waals surface area (Å²) in [5.74, 6) is 0. The first kappa shape index (κ1) is 12.8. The maximum atomic E-state index is 2.55. The maximum absolute atomic E-state index is 2.55. The third-order valence-corrected chi connectivity index (χ3v) is 3.20. The van der Waals surface area contributed by atoms with E-state index in [0.29, 0.717) is 0 Å². The van der Waals surface area contributed by atoms with Crippen molar-refractivity contribution in [3.05, 3.63) is 10.9 Å². The topological polar surface area (TPSA) is 3.24 Å². The Labute approximate surface area is 86.6 Å². The van der Waals surface area contributed by atoms with Crippen LogP contribution in [0, 0.1) is 0 Å². The summed E-state index contributed by atoms with van der Waals surface area (Å²) >= 11 is 0. The van der Waals surface area contributed by atoms with Gasteiger partial charge in [-0.3, -0.25) is 0 Å². The van der Waals surface area contributed by atoms with Crippen LogP contribution in [0.2, 0.25) is 0 Å². The lowest BCUT2D eigenvalue weighted by molar-refractivity contribution is 0.337. The van der Waals surface area contributed by atoms with Gasteiger partial charge in [0.05, 0.1) is 0 Å². The second-order valence-electron chi connectivity index (χ2n) is 3.93. The average Bonchev–Trinajstić information content (AvgIpc) is 2.11. The highest BCUT2D eigenvalue weighted by molar-refractivity contribution is 6.21. The smallest absolute Gasteiger partial charge is 0.0351 e. The van der Waals surface area contributed by atoms with Crippen molar-refractivity contribution >= 4 is 10.2 Å². The number of allylic oxidation sites excluding steroid dienone is 2. The lowest BCUT2D eigenvalue weighted by Crippen LogP contribution is -2.24. The first-order chi connectivity index (χ1) is 6.13. The quantitative estimate of drug-likeness (QED) is 0.592. The molecule has 0 saturated heterocycles. The van der Waals surface area contributed by atoms with Gasteiger partial charge in [-0.25, -0.2) is 0 Å². The second-order valence-corrected chi connectivity index (χ2v) is 5.43. The van der Waals surface area contributed by atoms with E-state index in [-0.39, 0.29) is 0 Å². The molecule has 0 amide bonds. The van der Waals surface area contributed by atoms with Crippen molar-refractivity contribution in [3.63, 3.8) is 0 Å². The highest BCUT2D eigenvalue weighted by Gasteiger charge is 2.03. The standard InChI is InChI=1S/C11H25NSi/c1-5-7-9-12(8-6-2)10(3)11(4)13/h5-9H2,1-4,13H3. The number of hydrogen-bond donors (Lipinski definition) is 0. The summed E-state index contributed by atoms with van der Waals surface area (Å²) < 4.78 is 0. The van der Waals surface area contributed by atoms with Crippen molar-refractivity contribution in [1.82, 2.24) is 4.90 Å². The van der Waals surface area contributed by atoms with Gasteiger partial charge in [0.1, 0.15) is 0 Å². The van der Waals surface area contributed by atoms with E-state index in [1.54, 1.807) is 5.20 Å². The van der Waals surface area contributed by atoms with E-state index in [4.69, 9.17) is 0 Å². The number of unbranched alkanes of at least 4 members (excludes halogenated alkanes) is 1. The fraction of sp³-hybridized carbons (Fsp3) is 0.818. The maximum Gasteiger partial charge on any atom is 0.0351 e. The zero-order valence-electron chi connectivity index (χ0n) is 9.98. The van der Waals surface area contributed by atoms with Crippen molar-refractivity contribution in [1.29, 1.82) is 0 Å². The van der Waals surface area contributed by atoms with Crippen LogP contribution in [0.4, 0.5) is 0 Å². The van der Waals surface area contributed by atoms with Gasteiger partial charge >= 0.3 is 0 Å². The van der Waals surface area contributed by atoms with Crippen molar-refractivity contribution < 1.29 is 0 Å². The van der Waals surface area contributed by atoms with Crippen LogP contribution in [-0.2, 0) is 0 Å². The van der Waals surface area contributed by atoms with Gasteiger partial charge in [-0.15, -0.1) is 0 Å². The van der Waals surface area contributed by atoms with Gasteiger partial charge in [0.2, 0.25) is 0 Å². The molecule has 0 radical (unpaired) electrons. The Morgan fingerprint density at radius 3 is 2.08 bits per heavy atom. The Morgan fingerprint density at radius 1 is 1.08 bits per heavy atom. The molecule has 1 nitrogen and oxygen atoms in total.